The summed E-state index contributed by atoms with van der Waals surface area (Å²) >= 11 is 0. The van der Waals surface area contributed by atoms with Crippen LogP contribution in [0.25, 0.3) is 0 Å². The number of likely N-dealkylation sites (tertiary alicyclic amines) is 1. The number of hydrogen-bond acceptors (Lipinski definition) is 4. The summed E-state index contributed by atoms with van der Waals surface area (Å²) in [7, 11) is 0. The molecule has 3 heterocycles. The van der Waals surface area contributed by atoms with E-state index in [1.54, 1.807) is 4.90 Å². The summed E-state index contributed by atoms with van der Waals surface area (Å²) in [4.78, 5) is 37.6. The van der Waals surface area contributed by atoms with Gasteiger partial charge >= 0.3 is 6.03 Å². The summed E-state index contributed by atoms with van der Waals surface area (Å²) in [5.41, 5.74) is -0.100. The van der Waals surface area contributed by atoms with E-state index in [4.69, 9.17) is 4.42 Å². The predicted octanol–water partition coefficient (Wildman–Crippen LogP) is 0.810. The number of carbonyl (C=O) groups excluding carboxylic acids is 3. The van der Waals surface area contributed by atoms with E-state index in [2.05, 4.69) is 10.6 Å². The topological polar surface area (TPSA) is 91.7 Å². The van der Waals surface area contributed by atoms with Crippen molar-refractivity contribution in [3.8, 4) is 0 Å². The van der Waals surface area contributed by atoms with Gasteiger partial charge in [-0.05, 0) is 33.3 Å². The molecule has 4 amide bonds. The largest absolute Gasteiger partial charge is 0.466 e. The summed E-state index contributed by atoms with van der Waals surface area (Å²) in [5.74, 6) is 0.755. The van der Waals surface area contributed by atoms with Crippen molar-refractivity contribution in [3.63, 3.8) is 0 Å². The van der Waals surface area contributed by atoms with Crippen molar-refractivity contribution in [3.05, 3.63) is 23.2 Å². The maximum atomic E-state index is 12.7. The molecule has 0 radical (unpaired) electrons. The Morgan fingerprint density at radius 2 is 2.14 bits per heavy atom. The lowest BCUT2D eigenvalue weighted by atomic mass is 9.98. The monoisotopic (exact) mass is 305 g/mol. The number of urea groups is 1. The smallest absolute Gasteiger partial charge is 0.322 e. The van der Waals surface area contributed by atoms with Gasteiger partial charge in [0.05, 0.1) is 12.5 Å². The van der Waals surface area contributed by atoms with Crippen molar-refractivity contribution in [1.82, 2.24) is 15.5 Å². The number of hydrogen-bond donors (Lipinski definition) is 2. The third kappa shape index (κ3) is 2.17. The van der Waals surface area contributed by atoms with Crippen LogP contribution in [0.1, 0.15) is 36.3 Å². The van der Waals surface area contributed by atoms with E-state index < -0.39 is 11.6 Å². The van der Waals surface area contributed by atoms with Gasteiger partial charge in [-0.1, -0.05) is 0 Å². The van der Waals surface area contributed by atoms with E-state index in [0.717, 1.165) is 17.1 Å². The van der Waals surface area contributed by atoms with Crippen LogP contribution in [0.2, 0.25) is 0 Å². The van der Waals surface area contributed by atoms with Gasteiger partial charge in [-0.2, -0.15) is 0 Å². The number of furan rings is 1. The maximum absolute atomic E-state index is 12.7. The summed E-state index contributed by atoms with van der Waals surface area (Å²) in [6.07, 6.45) is 0.437. The first-order valence-corrected chi connectivity index (χ1v) is 7.32. The molecule has 22 heavy (non-hydrogen) atoms. The molecule has 2 saturated heterocycles. The molecule has 2 atom stereocenters. The lowest BCUT2D eigenvalue weighted by molar-refractivity contribution is -0.132. The second-order valence-electron chi connectivity index (χ2n) is 6.09. The molecule has 3 rings (SSSR count). The normalized spacial score (nSPS) is 25.5. The lowest BCUT2D eigenvalue weighted by Gasteiger charge is -2.23. The molecule has 1 spiro atoms. The summed E-state index contributed by atoms with van der Waals surface area (Å²) in [5, 5.41) is 4.89. The molecule has 0 saturated carbocycles. The molecule has 0 aromatic carbocycles. The number of nitrogens with zero attached hydrogens (tertiary/aromatic N) is 1. The number of imide groups is 1. The van der Waals surface area contributed by atoms with E-state index in [-0.39, 0.29) is 24.3 Å². The van der Waals surface area contributed by atoms with Gasteiger partial charge in [0.15, 0.2) is 0 Å². The minimum atomic E-state index is -0.964. The van der Waals surface area contributed by atoms with Gasteiger partial charge in [-0.25, -0.2) is 4.79 Å². The standard InChI is InChI=1S/C15H19N3O4/c1-8-6-11(10(3)22-8)9(2)12(19)18-5-4-15(7-18)13(20)16-14(21)17-15/h6,9H,4-5,7H2,1-3H3,(H2,16,17,20,21)/t9-,15+/m0/s1. The Labute approximate surface area is 128 Å². The number of amides is 4. The highest BCUT2D eigenvalue weighted by molar-refractivity contribution is 6.07. The quantitative estimate of drug-likeness (QED) is 0.791. The summed E-state index contributed by atoms with van der Waals surface area (Å²) < 4.78 is 5.48. The molecule has 0 aliphatic carbocycles. The second-order valence-corrected chi connectivity index (χ2v) is 6.09. The maximum Gasteiger partial charge on any atom is 0.322 e. The van der Waals surface area contributed by atoms with Crippen LogP contribution < -0.4 is 10.6 Å². The van der Waals surface area contributed by atoms with Gasteiger partial charge in [-0.3, -0.25) is 14.9 Å². The molecule has 1 aromatic rings. The van der Waals surface area contributed by atoms with Crippen molar-refractivity contribution < 1.29 is 18.8 Å². The van der Waals surface area contributed by atoms with E-state index >= 15 is 0 Å². The highest BCUT2D eigenvalue weighted by Crippen LogP contribution is 2.30. The molecule has 118 valence electrons. The van der Waals surface area contributed by atoms with Crippen LogP contribution in [-0.2, 0) is 9.59 Å². The number of carbonyl (C=O) groups is 3. The van der Waals surface area contributed by atoms with Gasteiger partial charge < -0.3 is 14.6 Å². The Balaban J connectivity index is 1.76. The van der Waals surface area contributed by atoms with E-state index in [0.29, 0.717) is 13.0 Å². The highest BCUT2D eigenvalue weighted by Gasteiger charge is 2.52. The molecular formula is C15H19N3O4. The second kappa shape index (κ2) is 4.86. The third-order valence-corrected chi connectivity index (χ3v) is 4.51. The van der Waals surface area contributed by atoms with Crippen molar-refractivity contribution in [2.24, 2.45) is 0 Å². The van der Waals surface area contributed by atoms with Crippen molar-refractivity contribution in [2.75, 3.05) is 13.1 Å². The fourth-order valence-corrected chi connectivity index (χ4v) is 3.30. The van der Waals surface area contributed by atoms with Gasteiger partial charge in [0, 0.05) is 12.1 Å². The van der Waals surface area contributed by atoms with Crippen LogP contribution in [0.3, 0.4) is 0 Å². The first kappa shape index (κ1) is 14.6. The minimum absolute atomic E-state index is 0.0604. The van der Waals surface area contributed by atoms with Crippen LogP contribution in [0.5, 0.6) is 0 Å². The van der Waals surface area contributed by atoms with E-state index in [9.17, 15) is 14.4 Å². The average Bonchev–Trinajstić information content (AvgIpc) is 3.08. The zero-order valence-electron chi connectivity index (χ0n) is 12.9. The van der Waals surface area contributed by atoms with Crippen LogP contribution in [0.4, 0.5) is 4.79 Å². The van der Waals surface area contributed by atoms with Crippen LogP contribution >= 0.6 is 0 Å². The van der Waals surface area contributed by atoms with Gasteiger partial charge in [0.1, 0.15) is 17.1 Å². The first-order chi connectivity index (χ1) is 10.3. The molecule has 0 bridgehead atoms. The van der Waals surface area contributed by atoms with Gasteiger partial charge in [0.25, 0.3) is 5.91 Å². The molecule has 0 unspecified atom stereocenters. The van der Waals surface area contributed by atoms with E-state index in [1.165, 1.54) is 0 Å². The summed E-state index contributed by atoms with van der Waals surface area (Å²) in [6, 6.07) is 1.38. The van der Waals surface area contributed by atoms with Crippen LogP contribution in [-0.4, -0.2) is 41.4 Å². The van der Waals surface area contributed by atoms with Crippen molar-refractivity contribution >= 4 is 17.8 Å². The first-order valence-electron chi connectivity index (χ1n) is 7.32. The SMILES string of the molecule is Cc1cc([C@H](C)C(=O)N2CC[C@]3(C2)NC(=O)NC3=O)c(C)o1. The lowest BCUT2D eigenvalue weighted by Crippen LogP contribution is -2.50. The fraction of sp³-hybridized carbons (Fsp3) is 0.533. The molecule has 1 aromatic heterocycles. The van der Waals surface area contributed by atoms with Crippen molar-refractivity contribution in [1.29, 1.82) is 0 Å². The minimum Gasteiger partial charge on any atom is -0.466 e. The van der Waals surface area contributed by atoms with Gasteiger partial charge in [0.2, 0.25) is 5.91 Å². The number of rotatable bonds is 2. The van der Waals surface area contributed by atoms with Gasteiger partial charge in [-0.15, -0.1) is 0 Å². The molecular weight excluding hydrogens is 286 g/mol. The number of nitrogens with one attached hydrogen (secondary N) is 2. The molecule has 2 aliphatic rings. The Kier molecular flexibility index (Phi) is 3.23. The molecule has 7 heteroatoms. The Morgan fingerprint density at radius 1 is 1.41 bits per heavy atom. The van der Waals surface area contributed by atoms with Crippen LogP contribution in [0.15, 0.2) is 10.5 Å². The summed E-state index contributed by atoms with van der Waals surface area (Å²) in [6.45, 7) is 6.17. The molecule has 2 aliphatic heterocycles. The Morgan fingerprint density at radius 3 is 2.68 bits per heavy atom. The van der Waals surface area contributed by atoms with E-state index in [1.807, 2.05) is 26.8 Å². The molecule has 2 N–H and O–H groups in total. The zero-order valence-corrected chi connectivity index (χ0v) is 12.9. The highest BCUT2D eigenvalue weighted by atomic mass is 16.3. The Bertz CT molecular complexity index is 666. The predicted molar refractivity (Wildman–Crippen MR) is 77.2 cm³/mol. The average molecular weight is 305 g/mol. The third-order valence-electron chi connectivity index (χ3n) is 4.51. The fourth-order valence-electron chi connectivity index (χ4n) is 3.30. The Hall–Kier alpha value is -2.31. The molecule has 7 nitrogen and oxygen atoms in total. The molecule has 2 fully saturated rings. The zero-order chi connectivity index (χ0) is 16.1. The number of aryl methyl sites for hydroxylation is 2. The van der Waals surface area contributed by atoms with Crippen LogP contribution in [0, 0.1) is 13.8 Å². The van der Waals surface area contributed by atoms with Crippen molar-refractivity contribution in [2.45, 2.75) is 38.6 Å².